The quantitative estimate of drug-likeness (QED) is 0.352. The van der Waals surface area contributed by atoms with Crippen LogP contribution in [0.4, 0.5) is 4.79 Å². The van der Waals surface area contributed by atoms with Gasteiger partial charge in [-0.15, -0.1) is 11.8 Å². The minimum Gasteiger partial charge on any atom is -0.477 e. The SMILES string of the molecule is C[N+](C)(CC=CC1=C(C(=O)O)N2C(=O)[C@@H](NC(=O)OCc3ccccc3)[C@@H]2SC1)CC(N)=O. The van der Waals surface area contributed by atoms with Gasteiger partial charge >= 0.3 is 12.1 Å². The molecule has 0 bridgehead atoms. The number of allylic oxidation sites excluding steroid dienone is 1. The maximum atomic E-state index is 12.7. The van der Waals surface area contributed by atoms with E-state index in [9.17, 15) is 24.3 Å². The Morgan fingerprint density at radius 3 is 2.64 bits per heavy atom. The van der Waals surface area contributed by atoms with Gasteiger partial charge in [0.2, 0.25) is 0 Å². The summed E-state index contributed by atoms with van der Waals surface area (Å²) in [5.74, 6) is -1.80. The number of quaternary nitrogens is 1. The number of benzene rings is 1. The molecular weight excluding hydrogens is 448 g/mol. The molecule has 0 radical (unpaired) electrons. The van der Waals surface area contributed by atoms with Crippen LogP contribution in [0.5, 0.6) is 0 Å². The van der Waals surface area contributed by atoms with Crippen molar-refractivity contribution in [2.24, 2.45) is 5.73 Å². The molecule has 3 amide bonds. The maximum Gasteiger partial charge on any atom is 0.408 e. The minimum absolute atomic E-state index is 0.0644. The summed E-state index contributed by atoms with van der Waals surface area (Å²) in [5, 5.41) is 11.8. The number of carboxylic acid groups (broad SMARTS) is 1. The number of carboxylic acids is 1. The van der Waals surface area contributed by atoms with Crippen LogP contribution in [0, 0.1) is 0 Å². The largest absolute Gasteiger partial charge is 0.477 e. The van der Waals surface area contributed by atoms with Crippen molar-refractivity contribution < 1.29 is 33.5 Å². The molecule has 3 rings (SSSR count). The van der Waals surface area contributed by atoms with E-state index in [1.54, 1.807) is 12.2 Å². The Labute approximate surface area is 195 Å². The van der Waals surface area contributed by atoms with E-state index in [0.29, 0.717) is 22.4 Å². The molecule has 1 saturated heterocycles. The third kappa shape index (κ3) is 5.93. The molecule has 11 heteroatoms. The van der Waals surface area contributed by atoms with Gasteiger partial charge in [-0.25, -0.2) is 9.59 Å². The molecule has 0 aliphatic carbocycles. The molecule has 0 spiro atoms. The summed E-state index contributed by atoms with van der Waals surface area (Å²) >= 11 is 1.36. The van der Waals surface area contributed by atoms with Gasteiger partial charge in [0, 0.05) is 5.75 Å². The standard InChI is InChI=1S/C22H26N4O6S/c1-26(2,11-16(23)27)10-6-9-15-13-33-20-17(19(28)25(20)18(15)21(29)30)24-22(31)32-12-14-7-4-3-5-8-14/h3-9,17,20H,10-13H2,1-2H3,(H3-,23,24,27,29,30,31)/p+1/t17-,20+/m1/s1. The van der Waals surface area contributed by atoms with E-state index in [2.05, 4.69) is 5.32 Å². The number of hydrogen-bond donors (Lipinski definition) is 3. The number of aliphatic carboxylic acids is 1. The van der Waals surface area contributed by atoms with Crippen molar-refractivity contribution in [1.29, 1.82) is 0 Å². The molecule has 2 atom stereocenters. The predicted molar refractivity (Wildman–Crippen MR) is 121 cm³/mol. The van der Waals surface area contributed by atoms with Gasteiger partial charge in [0.15, 0.2) is 6.54 Å². The number of carbonyl (C=O) groups is 4. The van der Waals surface area contributed by atoms with Crippen LogP contribution in [0.25, 0.3) is 0 Å². The number of likely N-dealkylation sites (N-methyl/N-ethyl adjacent to an activating group) is 1. The van der Waals surface area contributed by atoms with E-state index in [-0.39, 0.29) is 18.8 Å². The number of hydrogen-bond acceptors (Lipinski definition) is 6. The number of β-lactam (4-membered cyclic amide) rings is 1. The molecule has 1 fully saturated rings. The van der Waals surface area contributed by atoms with Gasteiger partial charge in [-0.1, -0.05) is 36.4 Å². The number of fused-ring (bicyclic) bond motifs is 1. The second-order valence-corrected chi connectivity index (χ2v) is 9.52. The van der Waals surface area contributed by atoms with Crippen LogP contribution < -0.4 is 11.1 Å². The average molecular weight is 476 g/mol. The van der Waals surface area contributed by atoms with Crippen LogP contribution in [-0.2, 0) is 25.7 Å². The average Bonchev–Trinajstić information content (AvgIpc) is 2.75. The van der Waals surface area contributed by atoms with Gasteiger partial charge in [0.1, 0.15) is 23.7 Å². The maximum absolute atomic E-state index is 12.7. The van der Waals surface area contributed by atoms with Crippen molar-refractivity contribution in [3.05, 3.63) is 59.3 Å². The first kappa shape index (κ1) is 24.3. The number of rotatable bonds is 9. The lowest BCUT2D eigenvalue weighted by Crippen LogP contribution is -2.70. The number of nitrogens with zero attached hydrogens (tertiary/aromatic N) is 2. The Balaban J connectivity index is 1.63. The molecule has 33 heavy (non-hydrogen) atoms. The third-order valence-corrected chi connectivity index (χ3v) is 6.49. The number of nitrogens with one attached hydrogen (secondary N) is 1. The van der Waals surface area contributed by atoms with Crippen molar-refractivity contribution >= 4 is 35.6 Å². The fourth-order valence-electron chi connectivity index (χ4n) is 3.63. The highest BCUT2D eigenvalue weighted by atomic mass is 32.2. The minimum atomic E-state index is -1.22. The lowest BCUT2D eigenvalue weighted by atomic mass is 10.0. The molecule has 2 heterocycles. The van der Waals surface area contributed by atoms with Crippen LogP contribution in [0.2, 0.25) is 0 Å². The summed E-state index contributed by atoms with van der Waals surface area (Å²) in [6.45, 7) is 0.665. The Morgan fingerprint density at radius 1 is 1.30 bits per heavy atom. The van der Waals surface area contributed by atoms with Crippen LogP contribution in [0.1, 0.15) is 5.56 Å². The predicted octanol–water partition coefficient (Wildman–Crippen LogP) is 0.653. The summed E-state index contributed by atoms with van der Waals surface area (Å²) in [7, 11) is 3.67. The Hall–Kier alpha value is -3.31. The lowest BCUT2D eigenvalue weighted by Gasteiger charge is -2.49. The normalized spacial score (nSPS) is 20.3. The fraction of sp³-hybridized carbons (Fsp3) is 0.364. The van der Waals surface area contributed by atoms with Crippen LogP contribution in [-0.4, -0.2) is 82.7 Å². The molecule has 4 N–H and O–H groups in total. The van der Waals surface area contributed by atoms with Gasteiger partial charge in [-0.05, 0) is 17.2 Å². The van der Waals surface area contributed by atoms with Gasteiger partial charge in [-0.2, -0.15) is 0 Å². The Morgan fingerprint density at radius 2 is 2.00 bits per heavy atom. The van der Waals surface area contributed by atoms with Crippen molar-refractivity contribution in [3.63, 3.8) is 0 Å². The van der Waals surface area contributed by atoms with Gasteiger partial charge in [0.05, 0.1) is 20.6 Å². The number of amides is 3. The molecule has 0 saturated carbocycles. The second-order valence-electron chi connectivity index (χ2n) is 8.42. The first-order valence-electron chi connectivity index (χ1n) is 10.2. The number of carbonyl (C=O) groups excluding carboxylic acids is 3. The Bertz CT molecular complexity index is 1010. The number of nitrogens with two attached hydrogens (primary N) is 1. The number of ether oxygens (including phenoxy) is 1. The second kappa shape index (κ2) is 10.1. The topological polar surface area (TPSA) is 139 Å². The lowest BCUT2D eigenvalue weighted by molar-refractivity contribution is -0.876. The van der Waals surface area contributed by atoms with Gasteiger partial charge in [0.25, 0.3) is 11.8 Å². The summed E-state index contributed by atoms with van der Waals surface area (Å²) in [6.07, 6.45) is 2.69. The molecule has 1 aromatic carbocycles. The summed E-state index contributed by atoms with van der Waals surface area (Å²) in [4.78, 5) is 49.1. The zero-order valence-electron chi connectivity index (χ0n) is 18.4. The fourth-order valence-corrected chi connectivity index (χ4v) is 4.95. The van der Waals surface area contributed by atoms with Gasteiger partial charge < -0.3 is 25.4 Å². The highest BCUT2D eigenvalue weighted by Gasteiger charge is 2.54. The van der Waals surface area contributed by atoms with Crippen molar-refractivity contribution in [2.45, 2.75) is 18.0 Å². The van der Waals surface area contributed by atoms with E-state index in [1.807, 2.05) is 44.4 Å². The van der Waals surface area contributed by atoms with Crippen LogP contribution in [0.3, 0.4) is 0 Å². The van der Waals surface area contributed by atoms with Crippen LogP contribution >= 0.6 is 11.8 Å². The van der Waals surface area contributed by atoms with Gasteiger partial charge in [-0.3, -0.25) is 14.5 Å². The zero-order valence-corrected chi connectivity index (χ0v) is 19.2. The third-order valence-electron chi connectivity index (χ3n) is 5.19. The number of primary amides is 1. The molecule has 10 nitrogen and oxygen atoms in total. The van der Waals surface area contributed by atoms with Crippen LogP contribution in [0.15, 0.2) is 53.8 Å². The summed E-state index contributed by atoms with van der Waals surface area (Å²) < 4.78 is 5.48. The van der Waals surface area contributed by atoms with E-state index < -0.39 is 35.3 Å². The molecule has 2 aliphatic rings. The smallest absolute Gasteiger partial charge is 0.408 e. The molecule has 0 unspecified atom stereocenters. The summed E-state index contributed by atoms with van der Waals surface area (Å²) in [6, 6.07) is 8.27. The number of thioether (sulfide) groups is 1. The van der Waals surface area contributed by atoms with Crippen molar-refractivity contribution in [2.75, 3.05) is 32.9 Å². The molecule has 0 aromatic heterocycles. The summed E-state index contributed by atoms with van der Waals surface area (Å²) in [5.41, 5.74) is 6.45. The van der Waals surface area contributed by atoms with Crippen molar-refractivity contribution in [3.8, 4) is 0 Å². The van der Waals surface area contributed by atoms with E-state index >= 15 is 0 Å². The first-order valence-corrected chi connectivity index (χ1v) is 11.3. The van der Waals surface area contributed by atoms with E-state index in [4.69, 9.17) is 10.5 Å². The van der Waals surface area contributed by atoms with E-state index in [1.165, 1.54) is 16.7 Å². The first-order chi connectivity index (χ1) is 15.6. The van der Waals surface area contributed by atoms with E-state index in [0.717, 1.165) is 5.56 Å². The van der Waals surface area contributed by atoms with Crippen molar-refractivity contribution in [1.82, 2.24) is 10.2 Å². The zero-order chi connectivity index (χ0) is 24.2. The molecule has 2 aliphatic heterocycles. The number of alkyl carbamates (subject to hydrolysis) is 1. The highest BCUT2D eigenvalue weighted by Crippen LogP contribution is 2.40. The molecule has 1 aromatic rings. The highest BCUT2D eigenvalue weighted by molar-refractivity contribution is 8.00. The molecular formula is C22H27N4O6S+. The Kier molecular flexibility index (Phi) is 7.44. The molecule has 176 valence electrons. The monoisotopic (exact) mass is 475 g/mol.